The number of carbonyl (C=O) groups is 1. The largest absolute Gasteiger partial charge is 0.481 e. The van der Waals surface area contributed by atoms with Gasteiger partial charge in [0.25, 0.3) is 0 Å². The molecule has 6 nitrogen and oxygen atoms in total. The lowest BCUT2D eigenvalue weighted by atomic mass is 9.78. The summed E-state index contributed by atoms with van der Waals surface area (Å²) >= 11 is 0. The first kappa shape index (κ1) is 17.2. The predicted octanol–water partition coefficient (Wildman–Crippen LogP) is 1.55. The van der Waals surface area contributed by atoms with E-state index in [1.54, 1.807) is 14.2 Å². The van der Waals surface area contributed by atoms with Crippen LogP contribution in [-0.4, -0.2) is 67.7 Å². The molecule has 2 fully saturated rings. The molecule has 0 aliphatic carbocycles. The van der Waals surface area contributed by atoms with E-state index >= 15 is 0 Å². The molecule has 2 aliphatic heterocycles. The number of rotatable bonds is 6. The summed E-state index contributed by atoms with van der Waals surface area (Å²) in [6.45, 7) is 4.84. The fourth-order valence-electron chi connectivity index (χ4n) is 3.92. The number of amides is 1. The quantitative estimate of drug-likeness (QED) is 0.791. The van der Waals surface area contributed by atoms with Gasteiger partial charge in [0.15, 0.2) is 0 Å². The SMILES string of the molecule is COCCN1CCCC2(CCN(Cc3ccc(OC)nc3)C2)C1=O. The molecule has 6 heteroatoms. The Labute approximate surface area is 143 Å². The summed E-state index contributed by atoms with van der Waals surface area (Å²) < 4.78 is 10.2. The third-order valence-corrected chi connectivity index (χ3v) is 5.24. The predicted molar refractivity (Wildman–Crippen MR) is 90.8 cm³/mol. The van der Waals surface area contributed by atoms with Gasteiger partial charge in [0.2, 0.25) is 11.8 Å². The van der Waals surface area contributed by atoms with Crippen molar-refractivity contribution >= 4 is 5.91 Å². The van der Waals surface area contributed by atoms with Crippen molar-refractivity contribution in [2.45, 2.75) is 25.8 Å². The number of methoxy groups -OCH3 is 2. The number of hydrogen-bond donors (Lipinski definition) is 0. The highest BCUT2D eigenvalue weighted by molar-refractivity contribution is 5.84. The van der Waals surface area contributed by atoms with Gasteiger partial charge in [0.05, 0.1) is 19.1 Å². The minimum Gasteiger partial charge on any atom is -0.481 e. The van der Waals surface area contributed by atoms with Gasteiger partial charge in [-0.1, -0.05) is 6.07 Å². The van der Waals surface area contributed by atoms with Gasteiger partial charge in [-0.2, -0.15) is 0 Å². The van der Waals surface area contributed by atoms with Crippen LogP contribution in [0, 0.1) is 5.41 Å². The van der Waals surface area contributed by atoms with Crippen LogP contribution in [0.5, 0.6) is 5.88 Å². The van der Waals surface area contributed by atoms with Crippen LogP contribution in [0.25, 0.3) is 0 Å². The number of likely N-dealkylation sites (tertiary alicyclic amines) is 2. The smallest absolute Gasteiger partial charge is 0.230 e. The third-order valence-electron chi connectivity index (χ3n) is 5.24. The molecule has 132 valence electrons. The minimum atomic E-state index is -0.189. The van der Waals surface area contributed by atoms with E-state index in [4.69, 9.17) is 9.47 Å². The van der Waals surface area contributed by atoms with Crippen LogP contribution in [0.1, 0.15) is 24.8 Å². The molecule has 2 aliphatic rings. The van der Waals surface area contributed by atoms with Crippen LogP contribution in [0.2, 0.25) is 0 Å². The maximum Gasteiger partial charge on any atom is 0.230 e. The Kier molecular flexibility index (Phi) is 5.36. The average Bonchev–Trinajstić information content (AvgIpc) is 3.01. The summed E-state index contributed by atoms with van der Waals surface area (Å²) in [7, 11) is 3.31. The van der Waals surface area contributed by atoms with Crippen LogP contribution in [-0.2, 0) is 16.1 Å². The van der Waals surface area contributed by atoms with Crippen LogP contribution in [0.3, 0.4) is 0 Å². The number of aromatic nitrogens is 1. The van der Waals surface area contributed by atoms with Crippen LogP contribution in [0.4, 0.5) is 0 Å². The van der Waals surface area contributed by atoms with Crippen molar-refractivity contribution in [3.05, 3.63) is 23.9 Å². The first-order valence-electron chi connectivity index (χ1n) is 8.66. The Bertz CT molecular complexity index is 563. The maximum absolute atomic E-state index is 13.0. The lowest BCUT2D eigenvalue weighted by Crippen LogP contribution is -2.50. The summed E-state index contributed by atoms with van der Waals surface area (Å²) in [5.41, 5.74) is 0.971. The Morgan fingerprint density at radius 1 is 1.25 bits per heavy atom. The van der Waals surface area contributed by atoms with Crippen molar-refractivity contribution in [2.24, 2.45) is 5.41 Å². The topological polar surface area (TPSA) is 54.9 Å². The van der Waals surface area contributed by atoms with Crippen molar-refractivity contribution in [2.75, 3.05) is 47.0 Å². The molecule has 2 saturated heterocycles. The third kappa shape index (κ3) is 3.54. The van der Waals surface area contributed by atoms with E-state index in [1.165, 1.54) is 0 Å². The van der Waals surface area contributed by atoms with E-state index in [-0.39, 0.29) is 5.41 Å². The zero-order valence-electron chi connectivity index (χ0n) is 14.7. The van der Waals surface area contributed by atoms with Crippen molar-refractivity contribution in [1.82, 2.24) is 14.8 Å². The second-order valence-corrected chi connectivity index (χ2v) is 6.84. The van der Waals surface area contributed by atoms with E-state index in [2.05, 4.69) is 9.88 Å². The molecule has 1 unspecified atom stereocenters. The summed E-state index contributed by atoms with van der Waals surface area (Å²) in [4.78, 5) is 21.6. The molecular formula is C18H27N3O3. The molecule has 1 atom stereocenters. The normalized spacial score (nSPS) is 24.8. The molecule has 3 rings (SSSR count). The Balaban J connectivity index is 1.61. The first-order chi connectivity index (χ1) is 11.7. The van der Waals surface area contributed by atoms with Gasteiger partial charge in [-0.15, -0.1) is 0 Å². The van der Waals surface area contributed by atoms with E-state index in [9.17, 15) is 4.79 Å². The summed E-state index contributed by atoms with van der Waals surface area (Å²) in [6, 6.07) is 3.93. The number of pyridine rings is 1. The molecule has 1 spiro atoms. The number of piperidine rings is 1. The zero-order chi connectivity index (χ0) is 17.0. The molecule has 0 aromatic carbocycles. The summed E-state index contributed by atoms with van der Waals surface area (Å²) in [5, 5.41) is 0. The fourth-order valence-corrected chi connectivity index (χ4v) is 3.92. The van der Waals surface area contributed by atoms with Gasteiger partial charge in [-0.25, -0.2) is 4.98 Å². The Morgan fingerprint density at radius 3 is 2.83 bits per heavy atom. The highest BCUT2D eigenvalue weighted by atomic mass is 16.5. The van der Waals surface area contributed by atoms with Gasteiger partial charge in [0.1, 0.15) is 0 Å². The Hall–Kier alpha value is -1.66. The molecule has 0 radical (unpaired) electrons. The van der Waals surface area contributed by atoms with Crippen molar-refractivity contribution in [3.63, 3.8) is 0 Å². The lowest BCUT2D eigenvalue weighted by molar-refractivity contribution is -0.146. The highest BCUT2D eigenvalue weighted by Crippen LogP contribution is 2.40. The molecule has 1 aromatic heterocycles. The van der Waals surface area contributed by atoms with Crippen molar-refractivity contribution < 1.29 is 14.3 Å². The summed E-state index contributed by atoms with van der Waals surface area (Å²) in [5.74, 6) is 0.953. The van der Waals surface area contributed by atoms with Crippen LogP contribution >= 0.6 is 0 Å². The maximum atomic E-state index is 13.0. The van der Waals surface area contributed by atoms with Crippen LogP contribution < -0.4 is 4.74 Å². The number of hydrogen-bond acceptors (Lipinski definition) is 5. The van der Waals surface area contributed by atoms with Crippen molar-refractivity contribution in [1.29, 1.82) is 0 Å². The van der Waals surface area contributed by atoms with Crippen molar-refractivity contribution in [3.8, 4) is 5.88 Å². The van der Waals surface area contributed by atoms with E-state index in [1.807, 2.05) is 23.2 Å². The van der Waals surface area contributed by atoms with Gasteiger partial charge in [-0.05, 0) is 31.4 Å². The average molecular weight is 333 g/mol. The van der Waals surface area contributed by atoms with Gasteiger partial charge in [0, 0.05) is 45.6 Å². The van der Waals surface area contributed by atoms with E-state index < -0.39 is 0 Å². The van der Waals surface area contributed by atoms with E-state index in [0.29, 0.717) is 24.9 Å². The monoisotopic (exact) mass is 333 g/mol. The molecule has 0 N–H and O–H groups in total. The van der Waals surface area contributed by atoms with Gasteiger partial charge >= 0.3 is 0 Å². The molecule has 1 amide bonds. The fraction of sp³-hybridized carbons (Fsp3) is 0.667. The highest BCUT2D eigenvalue weighted by Gasteiger charge is 2.47. The molecular weight excluding hydrogens is 306 g/mol. The molecule has 0 saturated carbocycles. The number of nitrogens with zero attached hydrogens (tertiary/aromatic N) is 3. The van der Waals surface area contributed by atoms with Gasteiger partial charge in [-0.3, -0.25) is 9.69 Å². The standard InChI is InChI=1S/C18H27N3O3/c1-23-11-10-21-8-3-6-18(17(21)22)7-9-20(14-18)13-15-4-5-16(24-2)19-12-15/h4-5,12H,3,6-11,13-14H2,1-2H3. The second kappa shape index (κ2) is 7.49. The molecule has 3 heterocycles. The minimum absolute atomic E-state index is 0.189. The first-order valence-corrected chi connectivity index (χ1v) is 8.66. The lowest BCUT2D eigenvalue weighted by Gasteiger charge is -2.39. The molecule has 0 bridgehead atoms. The van der Waals surface area contributed by atoms with E-state index in [0.717, 1.165) is 51.0 Å². The van der Waals surface area contributed by atoms with Crippen LogP contribution in [0.15, 0.2) is 18.3 Å². The Morgan fingerprint density at radius 2 is 2.12 bits per heavy atom. The second-order valence-electron chi connectivity index (χ2n) is 6.84. The number of ether oxygens (including phenoxy) is 2. The summed E-state index contributed by atoms with van der Waals surface area (Å²) in [6.07, 6.45) is 4.91. The van der Waals surface area contributed by atoms with Gasteiger partial charge < -0.3 is 14.4 Å². The molecule has 24 heavy (non-hydrogen) atoms. The molecule has 1 aromatic rings. The number of carbonyl (C=O) groups excluding carboxylic acids is 1. The zero-order valence-corrected chi connectivity index (χ0v) is 14.7.